The third kappa shape index (κ3) is 4.47. The first-order valence-corrected chi connectivity index (χ1v) is 11.9. The summed E-state index contributed by atoms with van der Waals surface area (Å²) in [6.07, 6.45) is 8.45. The van der Waals surface area contributed by atoms with Gasteiger partial charge in [-0.25, -0.2) is 0 Å². The molecule has 1 aromatic heterocycles. The van der Waals surface area contributed by atoms with Crippen LogP contribution in [0.2, 0.25) is 0 Å². The third-order valence-corrected chi connectivity index (χ3v) is 7.18. The van der Waals surface area contributed by atoms with Gasteiger partial charge in [0.15, 0.2) is 0 Å². The molecule has 0 unspecified atom stereocenters. The van der Waals surface area contributed by atoms with E-state index in [1.165, 1.54) is 30.5 Å². The van der Waals surface area contributed by atoms with Gasteiger partial charge in [0, 0.05) is 31.2 Å². The molecule has 5 heteroatoms. The highest BCUT2D eigenvalue weighted by atomic mass is 16.3. The standard InChI is InChI=1S/C26H35N3O2/c1-3-26(31,4-2)24-13-12-22(19-27-24)29-17-14-21(25(29)30)18-20-10-6-7-11-23(20)28-15-8-5-9-16-28/h6-7,10-13,19,21,31H,3-5,8-9,14-18H2,1-2H3/t21-/m0/s1. The molecular formula is C26H35N3O2. The molecule has 0 aliphatic carbocycles. The van der Waals surface area contributed by atoms with Crippen LogP contribution in [0.4, 0.5) is 11.4 Å². The fraction of sp³-hybridized carbons (Fsp3) is 0.538. The molecule has 2 aromatic rings. The van der Waals surface area contributed by atoms with Gasteiger partial charge in [-0.2, -0.15) is 0 Å². The number of piperidine rings is 1. The normalized spacial score (nSPS) is 19.8. The first kappa shape index (κ1) is 21.8. The first-order valence-electron chi connectivity index (χ1n) is 11.9. The van der Waals surface area contributed by atoms with Crippen LogP contribution in [-0.2, 0) is 16.8 Å². The molecule has 2 fully saturated rings. The fourth-order valence-corrected chi connectivity index (χ4v) is 5.01. The molecule has 1 aromatic carbocycles. The second-order valence-electron chi connectivity index (χ2n) is 9.00. The van der Waals surface area contributed by atoms with E-state index in [1.807, 2.05) is 30.9 Å². The summed E-state index contributed by atoms with van der Waals surface area (Å²) >= 11 is 0. The number of aliphatic hydroxyl groups is 1. The molecule has 4 rings (SSSR count). The molecule has 1 N–H and O–H groups in total. The number of aromatic nitrogens is 1. The number of para-hydroxylation sites is 1. The van der Waals surface area contributed by atoms with Crippen LogP contribution in [0.1, 0.15) is 63.6 Å². The number of hydrogen-bond acceptors (Lipinski definition) is 4. The molecule has 1 amide bonds. The van der Waals surface area contributed by atoms with Crippen molar-refractivity contribution >= 4 is 17.3 Å². The Kier molecular flexibility index (Phi) is 6.61. The maximum absolute atomic E-state index is 13.2. The lowest BCUT2D eigenvalue weighted by Crippen LogP contribution is -2.31. The monoisotopic (exact) mass is 421 g/mol. The van der Waals surface area contributed by atoms with Crippen molar-refractivity contribution in [3.8, 4) is 0 Å². The zero-order chi connectivity index (χ0) is 21.8. The number of anilines is 2. The molecule has 166 valence electrons. The van der Waals surface area contributed by atoms with E-state index in [4.69, 9.17) is 0 Å². The van der Waals surface area contributed by atoms with Crippen LogP contribution >= 0.6 is 0 Å². The molecule has 5 nitrogen and oxygen atoms in total. The maximum Gasteiger partial charge on any atom is 0.230 e. The van der Waals surface area contributed by atoms with E-state index in [0.717, 1.165) is 38.2 Å². The Bertz CT molecular complexity index is 886. The van der Waals surface area contributed by atoms with Crippen molar-refractivity contribution in [2.75, 3.05) is 29.4 Å². The summed E-state index contributed by atoms with van der Waals surface area (Å²) in [6.45, 7) is 6.89. The molecule has 0 radical (unpaired) electrons. The number of amides is 1. The molecular weight excluding hydrogens is 386 g/mol. The summed E-state index contributed by atoms with van der Waals surface area (Å²) in [6, 6.07) is 12.4. The van der Waals surface area contributed by atoms with E-state index in [1.54, 1.807) is 6.20 Å². The Balaban J connectivity index is 1.47. The third-order valence-electron chi connectivity index (χ3n) is 7.18. The Labute approximate surface area is 186 Å². The number of carbonyl (C=O) groups is 1. The van der Waals surface area contributed by atoms with E-state index in [0.29, 0.717) is 18.5 Å². The number of hydrogen-bond donors (Lipinski definition) is 1. The van der Waals surface area contributed by atoms with Crippen molar-refractivity contribution in [3.63, 3.8) is 0 Å². The first-order chi connectivity index (χ1) is 15.1. The van der Waals surface area contributed by atoms with Gasteiger partial charge in [0.2, 0.25) is 5.91 Å². The molecule has 2 aliphatic rings. The fourth-order valence-electron chi connectivity index (χ4n) is 5.01. The highest BCUT2D eigenvalue weighted by molar-refractivity contribution is 5.97. The van der Waals surface area contributed by atoms with Gasteiger partial charge in [-0.15, -0.1) is 0 Å². The highest BCUT2D eigenvalue weighted by Gasteiger charge is 2.34. The molecule has 0 saturated carbocycles. The minimum atomic E-state index is -0.895. The van der Waals surface area contributed by atoms with E-state index in [2.05, 4.69) is 34.1 Å². The van der Waals surface area contributed by atoms with Crippen molar-refractivity contribution < 1.29 is 9.90 Å². The molecule has 0 spiro atoms. The van der Waals surface area contributed by atoms with Gasteiger partial charge in [-0.05, 0) is 68.7 Å². The second-order valence-corrected chi connectivity index (χ2v) is 9.00. The summed E-state index contributed by atoms with van der Waals surface area (Å²) in [7, 11) is 0. The largest absolute Gasteiger partial charge is 0.384 e. The van der Waals surface area contributed by atoms with Crippen molar-refractivity contribution in [1.82, 2.24) is 4.98 Å². The van der Waals surface area contributed by atoms with Crippen molar-refractivity contribution in [1.29, 1.82) is 0 Å². The smallest absolute Gasteiger partial charge is 0.230 e. The Morgan fingerprint density at radius 3 is 2.45 bits per heavy atom. The number of carbonyl (C=O) groups excluding carboxylic acids is 1. The average Bonchev–Trinajstić information content (AvgIpc) is 3.19. The SMILES string of the molecule is CCC(O)(CC)c1ccc(N2CC[C@@H](Cc3ccccc3N3CCCCC3)C2=O)cn1. The summed E-state index contributed by atoms with van der Waals surface area (Å²) in [4.78, 5) is 22.1. The predicted octanol–water partition coefficient (Wildman–Crippen LogP) is 4.68. The Morgan fingerprint density at radius 1 is 1.03 bits per heavy atom. The molecule has 2 aliphatic heterocycles. The van der Waals surface area contributed by atoms with Crippen LogP contribution in [0, 0.1) is 5.92 Å². The maximum atomic E-state index is 13.2. The Hall–Kier alpha value is -2.40. The van der Waals surface area contributed by atoms with Gasteiger partial charge in [0.05, 0.1) is 17.6 Å². The molecule has 3 heterocycles. The summed E-state index contributed by atoms with van der Waals surface area (Å²) in [5, 5.41) is 10.7. The van der Waals surface area contributed by atoms with Gasteiger partial charge in [-0.3, -0.25) is 9.78 Å². The predicted molar refractivity (Wildman–Crippen MR) is 125 cm³/mol. The van der Waals surface area contributed by atoms with E-state index in [-0.39, 0.29) is 11.8 Å². The van der Waals surface area contributed by atoms with E-state index >= 15 is 0 Å². The average molecular weight is 422 g/mol. The zero-order valence-electron chi connectivity index (χ0n) is 18.9. The van der Waals surface area contributed by atoms with E-state index in [9.17, 15) is 9.90 Å². The molecule has 31 heavy (non-hydrogen) atoms. The van der Waals surface area contributed by atoms with Crippen LogP contribution in [0.3, 0.4) is 0 Å². The van der Waals surface area contributed by atoms with Crippen molar-refractivity contribution in [2.45, 2.75) is 64.4 Å². The van der Waals surface area contributed by atoms with Crippen LogP contribution < -0.4 is 9.80 Å². The molecule has 1 atom stereocenters. The lowest BCUT2D eigenvalue weighted by molar-refractivity contribution is -0.120. The van der Waals surface area contributed by atoms with E-state index < -0.39 is 5.60 Å². The van der Waals surface area contributed by atoms with Crippen molar-refractivity contribution in [3.05, 3.63) is 53.9 Å². The van der Waals surface area contributed by atoms with Gasteiger partial charge in [0.25, 0.3) is 0 Å². The highest BCUT2D eigenvalue weighted by Crippen LogP contribution is 2.33. The summed E-state index contributed by atoms with van der Waals surface area (Å²) in [5.41, 5.74) is 3.20. The number of rotatable bonds is 7. The van der Waals surface area contributed by atoms with Crippen LogP contribution in [0.5, 0.6) is 0 Å². The number of benzene rings is 1. The molecule has 0 bridgehead atoms. The van der Waals surface area contributed by atoms with Gasteiger partial charge in [-0.1, -0.05) is 32.0 Å². The second kappa shape index (κ2) is 9.39. The number of pyridine rings is 1. The van der Waals surface area contributed by atoms with Crippen LogP contribution in [0.15, 0.2) is 42.6 Å². The van der Waals surface area contributed by atoms with Crippen LogP contribution in [0.25, 0.3) is 0 Å². The lowest BCUT2D eigenvalue weighted by atomic mass is 9.93. The van der Waals surface area contributed by atoms with Gasteiger partial charge < -0.3 is 14.9 Å². The minimum absolute atomic E-state index is 0.00818. The van der Waals surface area contributed by atoms with Gasteiger partial charge in [0.1, 0.15) is 5.60 Å². The topological polar surface area (TPSA) is 56.7 Å². The zero-order valence-corrected chi connectivity index (χ0v) is 18.9. The quantitative estimate of drug-likeness (QED) is 0.706. The number of nitrogens with zero attached hydrogens (tertiary/aromatic N) is 3. The lowest BCUT2D eigenvalue weighted by Gasteiger charge is -2.31. The van der Waals surface area contributed by atoms with Crippen LogP contribution in [-0.4, -0.2) is 35.6 Å². The summed E-state index contributed by atoms with van der Waals surface area (Å²) in [5.74, 6) is 0.193. The molecule has 2 saturated heterocycles. The Morgan fingerprint density at radius 2 is 1.77 bits per heavy atom. The minimum Gasteiger partial charge on any atom is -0.384 e. The van der Waals surface area contributed by atoms with Gasteiger partial charge >= 0.3 is 0 Å². The summed E-state index contributed by atoms with van der Waals surface area (Å²) < 4.78 is 0. The van der Waals surface area contributed by atoms with Crippen molar-refractivity contribution in [2.24, 2.45) is 5.92 Å².